The summed E-state index contributed by atoms with van der Waals surface area (Å²) in [7, 11) is 1.69. The van der Waals surface area contributed by atoms with Crippen molar-refractivity contribution in [2.24, 2.45) is 5.92 Å². The minimum absolute atomic E-state index is 0.151. The van der Waals surface area contributed by atoms with E-state index >= 15 is 0 Å². The number of carbonyl (C=O) groups excluding carboxylic acids is 1. The van der Waals surface area contributed by atoms with E-state index in [1.807, 2.05) is 50.2 Å². The number of aryl methyl sites for hydroxylation is 1. The van der Waals surface area contributed by atoms with Gasteiger partial charge in [0.2, 0.25) is 0 Å². The average molecular weight is 434 g/mol. The molecule has 7 heteroatoms. The first-order chi connectivity index (χ1) is 15.5. The van der Waals surface area contributed by atoms with Crippen molar-refractivity contribution < 1.29 is 9.53 Å². The van der Waals surface area contributed by atoms with Crippen molar-refractivity contribution in [1.29, 1.82) is 0 Å². The quantitative estimate of drug-likeness (QED) is 0.617. The van der Waals surface area contributed by atoms with Gasteiger partial charge in [0, 0.05) is 13.1 Å². The van der Waals surface area contributed by atoms with Crippen molar-refractivity contribution >= 4 is 5.91 Å². The average Bonchev–Trinajstić information content (AvgIpc) is 3.20. The Bertz CT molecular complexity index is 1050. The summed E-state index contributed by atoms with van der Waals surface area (Å²) in [5.41, 5.74) is 4.50. The number of hydrogen-bond acceptors (Lipinski definition) is 5. The molecule has 0 radical (unpaired) electrons. The highest BCUT2D eigenvalue weighted by atomic mass is 16.5. The molecule has 1 aromatic heterocycles. The smallest absolute Gasteiger partial charge is 0.273 e. The van der Waals surface area contributed by atoms with Crippen LogP contribution in [0.15, 0.2) is 48.5 Å². The summed E-state index contributed by atoms with van der Waals surface area (Å²) in [5, 5.41) is 11.4. The standard InChI is InChI=1S/C25H31N5O2/c1-18-5-4-6-22(15-18)30-19(2)24(27-28-30)25(31)26-16-20-11-13-29(14-12-20)17-21-7-9-23(32-3)10-8-21/h4-10,15,20H,11-14,16-17H2,1-3H3,(H,26,31). The Morgan fingerprint density at radius 1 is 1.12 bits per heavy atom. The van der Waals surface area contributed by atoms with Crippen LogP contribution >= 0.6 is 0 Å². The van der Waals surface area contributed by atoms with Gasteiger partial charge in [0.05, 0.1) is 18.5 Å². The molecule has 0 saturated carbocycles. The van der Waals surface area contributed by atoms with E-state index in [9.17, 15) is 4.79 Å². The zero-order valence-corrected chi connectivity index (χ0v) is 19.0. The van der Waals surface area contributed by atoms with E-state index < -0.39 is 0 Å². The minimum Gasteiger partial charge on any atom is -0.497 e. The van der Waals surface area contributed by atoms with Gasteiger partial charge >= 0.3 is 0 Å². The predicted molar refractivity (Wildman–Crippen MR) is 124 cm³/mol. The van der Waals surface area contributed by atoms with Gasteiger partial charge in [0.25, 0.3) is 5.91 Å². The molecule has 1 amide bonds. The number of likely N-dealkylation sites (tertiary alicyclic amines) is 1. The van der Waals surface area contributed by atoms with Crippen molar-refractivity contribution in [2.75, 3.05) is 26.7 Å². The Hall–Kier alpha value is -3.19. The topological polar surface area (TPSA) is 72.3 Å². The maximum absolute atomic E-state index is 12.7. The Balaban J connectivity index is 1.26. The summed E-state index contributed by atoms with van der Waals surface area (Å²) >= 11 is 0. The van der Waals surface area contributed by atoms with Gasteiger partial charge in [-0.15, -0.1) is 5.10 Å². The highest BCUT2D eigenvalue weighted by molar-refractivity contribution is 5.93. The molecule has 0 aliphatic carbocycles. The number of methoxy groups -OCH3 is 1. The summed E-state index contributed by atoms with van der Waals surface area (Å²) < 4.78 is 6.95. The first kappa shape index (κ1) is 22.0. The van der Waals surface area contributed by atoms with Crippen LogP contribution in [0.3, 0.4) is 0 Å². The van der Waals surface area contributed by atoms with Crippen LogP contribution in [-0.2, 0) is 6.54 Å². The number of aromatic nitrogens is 3. The molecule has 3 aromatic rings. The van der Waals surface area contributed by atoms with Gasteiger partial charge in [-0.3, -0.25) is 9.69 Å². The van der Waals surface area contributed by atoms with Gasteiger partial charge in [-0.1, -0.05) is 29.5 Å². The van der Waals surface area contributed by atoms with E-state index in [2.05, 4.69) is 32.7 Å². The van der Waals surface area contributed by atoms with E-state index in [1.54, 1.807) is 11.8 Å². The first-order valence-electron chi connectivity index (χ1n) is 11.2. The molecule has 0 bridgehead atoms. The van der Waals surface area contributed by atoms with Crippen LogP contribution in [0.25, 0.3) is 5.69 Å². The molecule has 1 aliphatic heterocycles. The Morgan fingerprint density at radius 2 is 1.88 bits per heavy atom. The zero-order chi connectivity index (χ0) is 22.5. The number of piperidine rings is 1. The summed E-state index contributed by atoms with van der Waals surface area (Å²) in [6.07, 6.45) is 2.15. The second kappa shape index (κ2) is 9.96. The van der Waals surface area contributed by atoms with Gasteiger partial charge in [-0.25, -0.2) is 4.68 Å². The Morgan fingerprint density at radius 3 is 2.56 bits per heavy atom. The molecule has 2 aromatic carbocycles. The molecule has 0 spiro atoms. The number of ether oxygens (including phenoxy) is 1. The number of hydrogen-bond donors (Lipinski definition) is 1. The lowest BCUT2D eigenvalue weighted by Gasteiger charge is -2.32. The third-order valence-electron chi connectivity index (χ3n) is 6.18. The van der Waals surface area contributed by atoms with Gasteiger partial charge in [0.1, 0.15) is 5.75 Å². The third-order valence-corrected chi connectivity index (χ3v) is 6.18. The molecule has 4 rings (SSSR count). The van der Waals surface area contributed by atoms with E-state index in [1.165, 1.54) is 5.56 Å². The number of nitrogens with zero attached hydrogens (tertiary/aromatic N) is 4. The molecular weight excluding hydrogens is 402 g/mol. The fourth-order valence-electron chi connectivity index (χ4n) is 4.20. The van der Waals surface area contributed by atoms with Crippen LogP contribution in [-0.4, -0.2) is 52.5 Å². The second-order valence-electron chi connectivity index (χ2n) is 8.55. The molecule has 7 nitrogen and oxygen atoms in total. The van der Waals surface area contributed by atoms with Crippen LogP contribution < -0.4 is 10.1 Å². The lowest BCUT2D eigenvalue weighted by molar-refractivity contribution is 0.0929. The predicted octanol–water partition coefficient (Wildman–Crippen LogP) is 3.53. The highest BCUT2D eigenvalue weighted by Gasteiger charge is 2.22. The van der Waals surface area contributed by atoms with Crippen molar-refractivity contribution in [3.05, 3.63) is 71.0 Å². The van der Waals surface area contributed by atoms with Crippen molar-refractivity contribution in [3.8, 4) is 11.4 Å². The lowest BCUT2D eigenvalue weighted by atomic mass is 9.96. The minimum atomic E-state index is -0.151. The molecule has 1 aliphatic rings. The number of nitrogens with one attached hydrogen (secondary N) is 1. The molecule has 32 heavy (non-hydrogen) atoms. The first-order valence-corrected chi connectivity index (χ1v) is 11.2. The molecule has 1 saturated heterocycles. The number of rotatable bonds is 7. The molecule has 0 atom stereocenters. The van der Waals surface area contributed by atoms with Gasteiger partial charge in [-0.05, 0) is 81.1 Å². The molecule has 2 heterocycles. The van der Waals surface area contributed by atoms with E-state index in [-0.39, 0.29) is 5.91 Å². The van der Waals surface area contributed by atoms with Crippen molar-refractivity contribution in [2.45, 2.75) is 33.2 Å². The van der Waals surface area contributed by atoms with Crippen LogP contribution in [0, 0.1) is 19.8 Å². The van der Waals surface area contributed by atoms with E-state index in [4.69, 9.17) is 4.74 Å². The summed E-state index contributed by atoms with van der Waals surface area (Å²) in [6, 6.07) is 16.3. The summed E-state index contributed by atoms with van der Waals surface area (Å²) in [4.78, 5) is 15.2. The number of amides is 1. The maximum Gasteiger partial charge on any atom is 0.273 e. The van der Waals surface area contributed by atoms with E-state index in [0.717, 1.165) is 55.2 Å². The number of benzene rings is 2. The SMILES string of the molecule is COc1ccc(CN2CCC(CNC(=O)c3nnn(-c4cccc(C)c4)c3C)CC2)cc1. The zero-order valence-electron chi connectivity index (χ0n) is 19.0. The molecule has 1 N–H and O–H groups in total. The van der Waals surface area contributed by atoms with E-state index in [0.29, 0.717) is 18.2 Å². The fourth-order valence-corrected chi connectivity index (χ4v) is 4.20. The molecule has 168 valence electrons. The number of carbonyl (C=O) groups is 1. The summed E-state index contributed by atoms with van der Waals surface area (Å²) in [6.45, 7) is 7.61. The summed E-state index contributed by atoms with van der Waals surface area (Å²) in [5.74, 6) is 1.22. The van der Waals surface area contributed by atoms with Crippen LogP contribution in [0.4, 0.5) is 0 Å². The highest BCUT2D eigenvalue weighted by Crippen LogP contribution is 2.20. The maximum atomic E-state index is 12.7. The largest absolute Gasteiger partial charge is 0.497 e. The molecular formula is C25H31N5O2. The van der Waals surface area contributed by atoms with Crippen LogP contribution in [0.5, 0.6) is 5.75 Å². The van der Waals surface area contributed by atoms with Gasteiger partial charge in [0.15, 0.2) is 5.69 Å². The monoisotopic (exact) mass is 433 g/mol. The van der Waals surface area contributed by atoms with Gasteiger partial charge < -0.3 is 10.1 Å². The van der Waals surface area contributed by atoms with Gasteiger partial charge in [-0.2, -0.15) is 0 Å². The fraction of sp³-hybridized carbons (Fsp3) is 0.400. The van der Waals surface area contributed by atoms with Crippen molar-refractivity contribution in [1.82, 2.24) is 25.2 Å². The van der Waals surface area contributed by atoms with Crippen LogP contribution in [0.1, 0.15) is 40.2 Å². The lowest BCUT2D eigenvalue weighted by Crippen LogP contribution is -2.38. The third kappa shape index (κ3) is 5.16. The molecule has 1 fully saturated rings. The normalized spacial score (nSPS) is 15.0. The second-order valence-corrected chi connectivity index (χ2v) is 8.55. The molecule has 0 unspecified atom stereocenters. The Labute approximate surface area is 189 Å². The van der Waals surface area contributed by atoms with Crippen LogP contribution in [0.2, 0.25) is 0 Å². The van der Waals surface area contributed by atoms with Crippen molar-refractivity contribution in [3.63, 3.8) is 0 Å². The Kier molecular flexibility index (Phi) is 6.85.